The monoisotopic (exact) mass is 148 g/mol. The number of hydrogen-bond donors (Lipinski definition) is 0. The smallest absolute Gasteiger partial charge is 0.0102 e. The van der Waals surface area contributed by atoms with Gasteiger partial charge in [-0.2, -0.15) is 0 Å². The Morgan fingerprint density at radius 1 is 1.36 bits per heavy atom. The fourth-order valence-electron chi connectivity index (χ4n) is 1.44. The number of rotatable bonds is 1. The Balaban J connectivity index is 2.87. The first-order chi connectivity index (χ1) is 5.09. The van der Waals surface area contributed by atoms with Crippen molar-refractivity contribution in [2.45, 2.75) is 34.1 Å². The summed E-state index contributed by atoms with van der Waals surface area (Å²) in [6.45, 7) is 8.68. The number of allylic oxidation sites excluding steroid dienone is 6. The minimum absolute atomic E-state index is 1.17. The molecule has 0 fully saturated rings. The average Bonchev–Trinajstić information content (AvgIpc) is 2.09. The molecule has 0 saturated carbocycles. The zero-order chi connectivity index (χ0) is 8.43. The Hall–Kier alpha value is -0.780. The molecule has 0 saturated heterocycles. The van der Waals surface area contributed by atoms with E-state index in [0.717, 1.165) is 0 Å². The molecule has 0 atom stereocenters. The van der Waals surface area contributed by atoms with Crippen LogP contribution in [0.15, 0.2) is 34.4 Å². The molecular weight excluding hydrogens is 132 g/mol. The molecule has 1 aliphatic rings. The van der Waals surface area contributed by atoms with Crippen LogP contribution < -0.4 is 0 Å². The van der Waals surface area contributed by atoms with Crippen molar-refractivity contribution < 1.29 is 0 Å². The molecule has 0 aliphatic heterocycles. The SMILES string of the molecule is CC(C)=CC1=C(C)CC(C)=C1. The van der Waals surface area contributed by atoms with E-state index < -0.39 is 0 Å². The lowest BCUT2D eigenvalue weighted by Gasteiger charge is -1.94. The fraction of sp³-hybridized carbons (Fsp3) is 0.455. The van der Waals surface area contributed by atoms with Gasteiger partial charge in [-0.25, -0.2) is 0 Å². The highest BCUT2D eigenvalue weighted by Crippen LogP contribution is 2.25. The molecule has 0 N–H and O–H groups in total. The zero-order valence-corrected chi connectivity index (χ0v) is 7.86. The molecule has 0 amide bonds. The minimum atomic E-state index is 1.17. The summed E-state index contributed by atoms with van der Waals surface area (Å²) >= 11 is 0. The molecule has 0 unspecified atom stereocenters. The lowest BCUT2D eigenvalue weighted by atomic mass is 10.1. The van der Waals surface area contributed by atoms with E-state index in [2.05, 4.69) is 39.8 Å². The van der Waals surface area contributed by atoms with E-state index in [0.29, 0.717) is 0 Å². The molecule has 0 heterocycles. The van der Waals surface area contributed by atoms with Gasteiger partial charge in [-0.3, -0.25) is 0 Å². The van der Waals surface area contributed by atoms with Crippen molar-refractivity contribution in [2.24, 2.45) is 0 Å². The van der Waals surface area contributed by atoms with Crippen LogP contribution in [-0.4, -0.2) is 0 Å². The molecule has 60 valence electrons. The van der Waals surface area contributed by atoms with Gasteiger partial charge in [0.1, 0.15) is 0 Å². The van der Waals surface area contributed by atoms with Crippen LogP contribution in [0.5, 0.6) is 0 Å². The largest absolute Gasteiger partial charge is 0.0758 e. The lowest BCUT2D eigenvalue weighted by molar-refractivity contribution is 1.14. The van der Waals surface area contributed by atoms with Gasteiger partial charge in [0, 0.05) is 0 Å². The van der Waals surface area contributed by atoms with Crippen LogP contribution in [0.3, 0.4) is 0 Å². The van der Waals surface area contributed by atoms with Crippen LogP contribution in [0, 0.1) is 0 Å². The maximum atomic E-state index is 2.28. The topological polar surface area (TPSA) is 0 Å². The second kappa shape index (κ2) is 3.08. The Kier molecular flexibility index (Phi) is 2.33. The van der Waals surface area contributed by atoms with Gasteiger partial charge in [-0.1, -0.05) is 28.9 Å². The molecule has 11 heavy (non-hydrogen) atoms. The molecule has 1 aliphatic carbocycles. The second-order valence-corrected chi connectivity index (χ2v) is 3.62. The van der Waals surface area contributed by atoms with E-state index in [4.69, 9.17) is 0 Å². The number of hydrogen-bond acceptors (Lipinski definition) is 0. The minimum Gasteiger partial charge on any atom is -0.0758 e. The van der Waals surface area contributed by atoms with Gasteiger partial charge in [0.05, 0.1) is 0 Å². The maximum Gasteiger partial charge on any atom is -0.0102 e. The Morgan fingerprint density at radius 3 is 2.36 bits per heavy atom. The molecule has 0 aromatic carbocycles. The third-order valence-electron chi connectivity index (χ3n) is 1.88. The standard InChI is InChI=1S/C11H16/c1-8(2)5-11-7-9(3)6-10(11)4/h5,7H,6H2,1-4H3. The normalized spacial score (nSPS) is 16.9. The summed E-state index contributed by atoms with van der Waals surface area (Å²) in [6, 6.07) is 0. The van der Waals surface area contributed by atoms with Crippen LogP contribution in [0.25, 0.3) is 0 Å². The van der Waals surface area contributed by atoms with Crippen molar-refractivity contribution in [1.82, 2.24) is 0 Å². The van der Waals surface area contributed by atoms with Crippen molar-refractivity contribution in [3.05, 3.63) is 34.4 Å². The first kappa shape index (κ1) is 8.32. The summed E-state index contributed by atoms with van der Waals surface area (Å²) in [5.74, 6) is 0. The highest BCUT2D eigenvalue weighted by molar-refractivity contribution is 5.44. The van der Waals surface area contributed by atoms with Gasteiger partial charge in [0.2, 0.25) is 0 Å². The van der Waals surface area contributed by atoms with Crippen molar-refractivity contribution in [1.29, 1.82) is 0 Å². The van der Waals surface area contributed by atoms with Crippen LogP contribution in [0.4, 0.5) is 0 Å². The van der Waals surface area contributed by atoms with E-state index in [-0.39, 0.29) is 0 Å². The van der Waals surface area contributed by atoms with Gasteiger partial charge in [-0.15, -0.1) is 0 Å². The van der Waals surface area contributed by atoms with E-state index >= 15 is 0 Å². The van der Waals surface area contributed by atoms with Crippen LogP contribution in [0.1, 0.15) is 34.1 Å². The quantitative estimate of drug-likeness (QED) is 0.532. The third-order valence-corrected chi connectivity index (χ3v) is 1.88. The Morgan fingerprint density at radius 2 is 2.00 bits per heavy atom. The molecule has 0 spiro atoms. The molecule has 0 radical (unpaired) electrons. The van der Waals surface area contributed by atoms with E-state index in [1.54, 1.807) is 0 Å². The van der Waals surface area contributed by atoms with Gasteiger partial charge in [-0.05, 0) is 39.7 Å². The molecular formula is C11H16. The van der Waals surface area contributed by atoms with Crippen LogP contribution in [0.2, 0.25) is 0 Å². The van der Waals surface area contributed by atoms with Gasteiger partial charge in [0.15, 0.2) is 0 Å². The van der Waals surface area contributed by atoms with Gasteiger partial charge < -0.3 is 0 Å². The van der Waals surface area contributed by atoms with Crippen LogP contribution >= 0.6 is 0 Å². The predicted molar refractivity (Wildman–Crippen MR) is 50.5 cm³/mol. The van der Waals surface area contributed by atoms with E-state index in [1.807, 2.05) is 0 Å². The van der Waals surface area contributed by atoms with Crippen molar-refractivity contribution in [2.75, 3.05) is 0 Å². The molecule has 0 heteroatoms. The molecule has 0 aromatic heterocycles. The lowest BCUT2D eigenvalue weighted by Crippen LogP contribution is -1.75. The summed E-state index contributed by atoms with van der Waals surface area (Å²) in [6.07, 6.45) is 5.70. The first-order valence-electron chi connectivity index (χ1n) is 4.11. The third kappa shape index (κ3) is 2.07. The molecule has 1 rings (SSSR count). The highest BCUT2D eigenvalue weighted by atomic mass is 14.1. The fourth-order valence-corrected chi connectivity index (χ4v) is 1.44. The molecule has 0 nitrogen and oxygen atoms in total. The maximum absolute atomic E-state index is 2.28. The highest BCUT2D eigenvalue weighted by Gasteiger charge is 2.05. The van der Waals surface area contributed by atoms with Crippen molar-refractivity contribution in [3.63, 3.8) is 0 Å². The van der Waals surface area contributed by atoms with E-state index in [1.165, 1.54) is 28.7 Å². The summed E-state index contributed by atoms with van der Waals surface area (Å²) in [5.41, 5.74) is 5.78. The van der Waals surface area contributed by atoms with Crippen LogP contribution in [-0.2, 0) is 0 Å². The Labute approximate surface area is 69.3 Å². The van der Waals surface area contributed by atoms with Gasteiger partial charge >= 0.3 is 0 Å². The summed E-state index contributed by atoms with van der Waals surface area (Å²) in [7, 11) is 0. The average molecular weight is 148 g/mol. The zero-order valence-electron chi connectivity index (χ0n) is 7.86. The summed E-state index contributed by atoms with van der Waals surface area (Å²) < 4.78 is 0. The summed E-state index contributed by atoms with van der Waals surface area (Å²) in [4.78, 5) is 0. The molecule has 0 aromatic rings. The molecule has 0 bridgehead atoms. The van der Waals surface area contributed by atoms with E-state index in [9.17, 15) is 0 Å². The first-order valence-corrected chi connectivity index (χ1v) is 4.11. The second-order valence-electron chi connectivity index (χ2n) is 3.62. The van der Waals surface area contributed by atoms with Crippen molar-refractivity contribution >= 4 is 0 Å². The summed E-state index contributed by atoms with van der Waals surface area (Å²) in [5, 5.41) is 0. The van der Waals surface area contributed by atoms with Crippen molar-refractivity contribution in [3.8, 4) is 0 Å². The Bertz CT molecular complexity index is 245. The van der Waals surface area contributed by atoms with Gasteiger partial charge in [0.25, 0.3) is 0 Å². The predicted octanol–water partition coefficient (Wildman–Crippen LogP) is 3.62.